The molecule has 0 saturated carbocycles. The van der Waals surface area contributed by atoms with Crippen LogP contribution in [0.15, 0.2) is 59.4 Å². The van der Waals surface area contributed by atoms with Crippen LogP contribution >= 0.6 is 0 Å². The fourth-order valence-electron chi connectivity index (χ4n) is 3.03. The van der Waals surface area contributed by atoms with E-state index in [2.05, 4.69) is 21.9 Å². The molecule has 1 atom stereocenters. The lowest BCUT2D eigenvalue weighted by atomic mass is 9.82. The highest BCUT2D eigenvalue weighted by Gasteiger charge is 2.42. The zero-order chi connectivity index (χ0) is 21.3. The second-order valence-corrected chi connectivity index (χ2v) is 6.25. The fraction of sp³-hybridized carbons (Fsp3) is 0.150. The van der Waals surface area contributed by atoms with Gasteiger partial charge in [-0.1, -0.05) is 12.6 Å². The Morgan fingerprint density at radius 1 is 1.17 bits per heavy atom. The molecule has 1 N–H and O–H groups in total. The van der Waals surface area contributed by atoms with E-state index in [-0.39, 0.29) is 28.4 Å². The summed E-state index contributed by atoms with van der Waals surface area (Å²) in [7, 11) is 1.14. The van der Waals surface area contributed by atoms with Gasteiger partial charge in [-0.3, -0.25) is 0 Å². The van der Waals surface area contributed by atoms with Crippen molar-refractivity contribution in [1.29, 1.82) is 0 Å². The molecule has 150 valence electrons. The standard InChI is InChI=1S/C20H15F4N3O2/c1-4-15-16(19(28)29-3)20(2,10-5-6-12(22)13(23)7-10)27-18(26-15)17-14(24)8-11(21)9-25-17/h4-9H,1H2,2-3H3,(H,26,27). The summed E-state index contributed by atoms with van der Waals surface area (Å²) in [4.78, 5) is 20.5. The maximum absolute atomic E-state index is 14.3. The van der Waals surface area contributed by atoms with Crippen LogP contribution in [0.5, 0.6) is 0 Å². The minimum atomic E-state index is -1.62. The molecule has 29 heavy (non-hydrogen) atoms. The quantitative estimate of drug-likeness (QED) is 0.625. The van der Waals surface area contributed by atoms with E-state index in [0.29, 0.717) is 6.07 Å². The number of nitrogens with one attached hydrogen (secondary N) is 1. The fourth-order valence-corrected chi connectivity index (χ4v) is 3.03. The van der Waals surface area contributed by atoms with Crippen molar-refractivity contribution >= 4 is 11.8 Å². The summed E-state index contributed by atoms with van der Waals surface area (Å²) in [6.45, 7) is 5.06. The van der Waals surface area contributed by atoms with Gasteiger partial charge in [0.25, 0.3) is 0 Å². The lowest BCUT2D eigenvalue weighted by Crippen LogP contribution is -2.41. The number of allylic oxidation sites excluding steroid dienone is 1. The Labute approximate surface area is 163 Å². The summed E-state index contributed by atoms with van der Waals surface area (Å²) in [5.74, 6) is -5.11. The molecule has 1 aliphatic rings. The molecule has 1 aromatic carbocycles. The molecule has 0 spiro atoms. The van der Waals surface area contributed by atoms with Crippen LogP contribution in [0.1, 0.15) is 18.2 Å². The first-order chi connectivity index (χ1) is 13.7. The maximum atomic E-state index is 14.3. The molecule has 1 unspecified atom stereocenters. The normalized spacial score (nSPS) is 18.8. The number of rotatable bonds is 4. The zero-order valence-electron chi connectivity index (χ0n) is 15.4. The molecule has 0 aliphatic carbocycles. The average Bonchev–Trinajstić information content (AvgIpc) is 2.68. The number of methoxy groups -OCH3 is 1. The number of hydrogen-bond donors (Lipinski definition) is 1. The number of ether oxygens (including phenoxy) is 1. The number of pyridine rings is 1. The van der Waals surface area contributed by atoms with Crippen LogP contribution in [0, 0.1) is 23.3 Å². The van der Waals surface area contributed by atoms with Gasteiger partial charge in [0.2, 0.25) is 0 Å². The van der Waals surface area contributed by atoms with Crippen molar-refractivity contribution in [3.8, 4) is 0 Å². The minimum absolute atomic E-state index is 0.0627. The van der Waals surface area contributed by atoms with E-state index in [9.17, 15) is 22.4 Å². The second kappa shape index (κ2) is 7.50. The molecule has 5 nitrogen and oxygen atoms in total. The van der Waals surface area contributed by atoms with Gasteiger partial charge in [0.1, 0.15) is 17.1 Å². The van der Waals surface area contributed by atoms with E-state index in [1.165, 1.54) is 19.1 Å². The summed E-state index contributed by atoms with van der Waals surface area (Å²) < 4.78 is 59.7. The summed E-state index contributed by atoms with van der Waals surface area (Å²) in [5, 5.41) is 2.71. The van der Waals surface area contributed by atoms with Crippen LogP contribution in [-0.4, -0.2) is 23.9 Å². The van der Waals surface area contributed by atoms with Crippen LogP contribution in [0.25, 0.3) is 0 Å². The second-order valence-electron chi connectivity index (χ2n) is 6.25. The number of carbonyl (C=O) groups is 1. The molecule has 1 aromatic heterocycles. The highest BCUT2D eigenvalue weighted by molar-refractivity contribution is 6.04. The van der Waals surface area contributed by atoms with Crippen LogP contribution in [0.3, 0.4) is 0 Å². The predicted octanol–water partition coefficient (Wildman–Crippen LogP) is 3.52. The predicted molar refractivity (Wildman–Crippen MR) is 96.8 cm³/mol. The number of halogens is 4. The lowest BCUT2D eigenvalue weighted by Gasteiger charge is -2.34. The van der Waals surface area contributed by atoms with Crippen molar-refractivity contribution in [2.45, 2.75) is 12.5 Å². The molecule has 1 aliphatic heterocycles. The number of nitrogens with zero attached hydrogens (tertiary/aromatic N) is 2. The van der Waals surface area contributed by atoms with Crippen LogP contribution in [0.2, 0.25) is 0 Å². The van der Waals surface area contributed by atoms with Gasteiger partial charge < -0.3 is 10.1 Å². The summed E-state index contributed by atoms with van der Waals surface area (Å²) in [6, 6.07) is 3.61. The van der Waals surface area contributed by atoms with Crippen LogP contribution in [-0.2, 0) is 15.1 Å². The van der Waals surface area contributed by atoms with Crippen molar-refractivity contribution in [3.63, 3.8) is 0 Å². The maximum Gasteiger partial charge on any atom is 0.338 e. The Morgan fingerprint density at radius 2 is 1.90 bits per heavy atom. The van der Waals surface area contributed by atoms with Gasteiger partial charge in [-0.05, 0) is 30.7 Å². The molecule has 0 saturated heterocycles. The lowest BCUT2D eigenvalue weighted by molar-refractivity contribution is -0.137. The Balaban J connectivity index is 2.29. The SMILES string of the molecule is C=CC1=C(C(=O)OC)C(C)(c2ccc(F)c(F)c2)N=C(c2ncc(F)cc2F)N1. The average molecular weight is 405 g/mol. The van der Waals surface area contributed by atoms with Crippen molar-refractivity contribution < 1.29 is 27.1 Å². The third kappa shape index (κ3) is 3.51. The summed E-state index contributed by atoms with van der Waals surface area (Å²) in [6.07, 6.45) is 2.06. The topological polar surface area (TPSA) is 63.6 Å². The first-order valence-electron chi connectivity index (χ1n) is 8.30. The van der Waals surface area contributed by atoms with E-state index in [1.807, 2.05) is 0 Å². The largest absolute Gasteiger partial charge is 0.466 e. The number of aliphatic imine (C=N–C) groups is 1. The highest BCUT2D eigenvalue weighted by Crippen LogP contribution is 2.39. The first kappa shape index (κ1) is 20.2. The third-order valence-corrected chi connectivity index (χ3v) is 4.45. The van der Waals surface area contributed by atoms with Gasteiger partial charge in [0.05, 0.1) is 24.6 Å². The van der Waals surface area contributed by atoms with Gasteiger partial charge in [-0.15, -0.1) is 0 Å². The number of amidine groups is 1. The molecule has 9 heteroatoms. The minimum Gasteiger partial charge on any atom is -0.466 e. The molecule has 0 radical (unpaired) electrons. The van der Waals surface area contributed by atoms with Gasteiger partial charge >= 0.3 is 5.97 Å². The zero-order valence-corrected chi connectivity index (χ0v) is 15.4. The van der Waals surface area contributed by atoms with E-state index < -0.39 is 34.8 Å². The van der Waals surface area contributed by atoms with E-state index >= 15 is 0 Å². The Bertz CT molecular complexity index is 1080. The van der Waals surface area contributed by atoms with Crippen LogP contribution < -0.4 is 5.32 Å². The van der Waals surface area contributed by atoms with Gasteiger partial charge in [0, 0.05) is 6.07 Å². The molecule has 2 heterocycles. The number of aromatic nitrogens is 1. The monoisotopic (exact) mass is 405 g/mol. The molecule has 2 aromatic rings. The molecule has 0 fully saturated rings. The van der Waals surface area contributed by atoms with Gasteiger partial charge in [-0.25, -0.2) is 32.3 Å². The first-order valence-corrected chi connectivity index (χ1v) is 8.30. The highest BCUT2D eigenvalue weighted by atomic mass is 19.2. The van der Waals surface area contributed by atoms with E-state index in [0.717, 1.165) is 25.4 Å². The third-order valence-electron chi connectivity index (χ3n) is 4.45. The molecule has 0 bridgehead atoms. The van der Waals surface area contributed by atoms with Crippen molar-refractivity contribution in [2.24, 2.45) is 4.99 Å². The molecule has 3 rings (SSSR count). The van der Waals surface area contributed by atoms with Crippen molar-refractivity contribution in [2.75, 3.05) is 7.11 Å². The van der Waals surface area contributed by atoms with Crippen molar-refractivity contribution in [3.05, 3.63) is 88.9 Å². The smallest absolute Gasteiger partial charge is 0.338 e. The molecular weight excluding hydrogens is 390 g/mol. The van der Waals surface area contributed by atoms with Crippen LogP contribution in [0.4, 0.5) is 17.6 Å². The van der Waals surface area contributed by atoms with Gasteiger partial charge in [0.15, 0.2) is 23.3 Å². The Kier molecular flexibility index (Phi) is 5.23. The molecule has 0 amide bonds. The Hall–Kier alpha value is -3.49. The van der Waals surface area contributed by atoms with Gasteiger partial charge in [-0.2, -0.15) is 0 Å². The summed E-state index contributed by atoms with van der Waals surface area (Å²) >= 11 is 0. The number of benzene rings is 1. The number of hydrogen-bond acceptors (Lipinski definition) is 5. The van der Waals surface area contributed by atoms with E-state index in [4.69, 9.17) is 4.74 Å². The molecular formula is C20H15F4N3O2. The number of carbonyl (C=O) groups excluding carboxylic acids is 1. The number of esters is 1. The summed E-state index contributed by atoms with van der Waals surface area (Å²) in [5.41, 5.74) is -1.82. The Morgan fingerprint density at radius 3 is 2.48 bits per heavy atom. The van der Waals surface area contributed by atoms with E-state index in [1.54, 1.807) is 0 Å². The van der Waals surface area contributed by atoms with Crippen molar-refractivity contribution in [1.82, 2.24) is 10.3 Å².